The number of nitrogens with one attached hydrogen (secondary N) is 1. The molecule has 2 aromatic rings. The fourth-order valence-corrected chi connectivity index (χ4v) is 2.20. The van der Waals surface area contributed by atoms with Crippen LogP contribution >= 0.6 is 0 Å². The number of rotatable bonds is 6. The predicted molar refractivity (Wildman–Crippen MR) is 89.6 cm³/mol. The highest BCUT2D eigenvalue weighted by Gasteiger charge is 2.13. The Bertz CT molecular complexity index is 684. The largest absolute Gasteiger partial charge is 0.494 e. The van der Waals surface area contributed by atoms with Crippen molar-refractivity contribution in [1.29, 1.82) is 0 Å². The minimum Gasteiger partial charge on any atom is -0.494 e. The number of carbonyl (C=O) groups excluding carboxylic acids is 1. The Morgan fingerprint density at radius 3 is 2.70 bits per heavy atom. The van der Waals surface area contributed by atoms with Crippen molar-refractivity contribution in [2.75, 3.05) is 6.61 Å². The van der Waals surface area contributed by atoms with E-state index in [0.29, 0.717) is 24.4 Å². The second-order valence-electron chi connectivity index (χ2n) is 5.61. The molecule has 0 spiro atoms. The standard InChI is InChI=1S/C18H23N3O2/c1-5-23-16-9-7-6-8-14(16)10-20-18(22)15-11-19-17(12(2)3)21-13(15)4/h6-9,11-12H,5,10H2,1-4H3,(H,20,22). The highest BCUT2D eigenvalue weighted by atomic mass is 16.5. The molecule has 0 saturated heterocycles. The lowest BCUT2D eigenvalue weighted by atomic mass is 10.1. The highest BCUT2D eigenvalue weighted by Crippen LogP contribution is 2.18. The van der Waals surface area contributed by atoms with E-state index in [-0.39, 0.29) is 11.8 Å². The fraction of sp³-hybridized carbons (Fsp3) is 0.389. The van der Waals surface area contributed by atoms with Crippen LogP contribution in [0.25, 0.3) is 0 Å². The highest BCUT2D eigenvalue weighted by molar-refractivity contribution is 5.94. The van der Waals surface area contributed by atoms with Crippen molar-refractivity contribution in [1.82, 2.24) is 15.3 Å². The van der Waals surface area contributed by atoms with Crippen LogP contribution in [0.5, 0.6) is 5.75 Å². The molecule has 1 heterocycles. The van der Waals surface area contributed by atoms with Crippen molar-refractivity contribution in [3.8, 4) is 5.75 Å². The SMILES string of the molecule is CCOc1ccccc1CNC(=O)c1cnc(C(C)C)nc1C. The number of aryl methyl sites for hydroxylation is 1. The lowest BCUT2D eigenvalue weighted by Gasteiger charge is -2.12. The molecule has 0 saturated carbocycles. The van der Waals surface area contributed by atoms with Gasteiger partial charge in [0.1, 0.15) is 11.6 Å². The molecule has 0 atom stereocenters. The topological polar surface area (TPSA) is 64.1 Å². The summed E-state index contributed by atoms with van der Waals surface area (Å²) in [5.74, 6) is 1.60. The van der Waals surface area contributed by atoms with Gasteiger partial charge >= 0.3 is 0 Å². The molecule has 5 nitrogen and oxygen atoms in total. The van der Waals surface area contributed by atoms with Gasteiger partial charge in [-0.1, -0.05) is 32.0 Å². The second-order valence-corrected chi connectivity index (χ2v) is 5.61. The second kappa shape index (κ2) is 7.72. The lowest BCUT2D eigenvalue weighted by Crippen LogP contribution is -2.25. The van der Waals surface area contributed by atoms with Gasteiger partial charge in [0.2, 0.25) is 0 Å². The zero-order valence-corrected chi connectivity index (χ0v) is 14.1. The smallest absolute Gasteiger partial charge is 0.254 e. The summed E-state index contributed by atoms with van der Waals surface area (Å²) in [6.45, 7) is 8.82. The van der Waals surface area contributed by atoms with Crippen LogP contribution in [0.1, 0.15) is 54.1 Å². The first-order valence-electron chi connectivity index (χ1n) is 7.85. The molecule has 0 aliphatic rings. The lowest BCUT2D eigenvalue weighted by molar-refractivity contribution is 0.0949. The van der Waals surface area contributed by atoms with Gasteiger partial charge in [-0.2, -0.15) is 0 Å². The van der Waals surface area contributed by atoms with Gasteiger partial charge in [-0.25, -0.2) is 9.97 Å². The van der Waals surface area contributed by atoms with Crippen LogP contribution in [0, 0.1) is 6.92 Å². The Balaban J connectivity index is 2.08. The molecule has 2 rings (SSSR count). The van der Waals surface area contributed by atoms with E-state index in [4.69, 9.17) is 4.74 Å². The maximum Gasteiger partial charge on any atom is 0.254 e. The average molecular weight is 313 g/mol. The van der Waals surface area contributed by atoms with E-state index in [1.54, 1.807) is 6.20 Å². The summed E-state index contributed by atoms with van der Waals surface area (Å²) in [7, 11) is 0. The van der Waals surface area contributed by atoms with Crippen LogP contribution in [0.2, 0.25) is 0 Å². The van der Waals surface area contributed by atoms with Crippen LogP contribution in [-0.4, -0.2) is 22.5 Å². The molecule has 1 amide bonds. The number of aromatic nitrogens is 2. The number of benzene rings is 1. The number of carbonyl (C=O) groups is 1. The number of para-hydroxylation sites is 1. The third-order valence-electron chi connectivity index (χ3n) is 3.47. The van der Waals surface area contributed by atoms with E-state index in [0.717, 1.165) is 17.1 Å². The molecule has 0 unspecified atom stereocenters. The van der Waals surface area contributed by atoms with Gasteiger partial charge in [-0.15, -0.1) is 0 Å². The molecule has 0 radical (unpaired) electrons. The quantitative estimate of drug-likeness (QED) is 0.889. The van der Waals surface area contributed by atoms with Gasteiger partial charge in [0.05, 0.1) is 17.9 Å². The Kier molecular flexibility index (Phi) is 5.68. The number of amides is 1. The van der Waals surface area contributed by atoms with Crippen LogP contribution in [0.3, 0.4) is 0 Å². The fourth-order valence-electron chi connectivity index (χ4n) is 2.20. The van der Waals surface area contributed by atoms with E-state index < -0.39 is 0 Å². The summed E-state index contributed by atoms with van der Waals surface area (Å²) in [6.07, 6.45) is 1.60. The normalized spacial score (nSPS) is 10.7. The third-order valence-corrected chi connectivity index (χ3v) is 3.47. The molecule has 1 aromatic heterocycles. The first-order valence-corrected chi connectivity index (χ1v) is 7.85. The Morgan fingerprint density at radius 2 is 2.04 bits per heavy atom. The van der Waals surface area contributed by atoms with Crippen molar-refractivity contribution >= 4 is 5.91 Å². The van der Waals surface area contributed by atoms with Crippen LogP contribution in [-0.2, 0) is 6.54 Å². The van der Waals surface area contributed by atoms with Gasteiger partial charge < -0.3 is 10.1 Å². The molecule has 0 aliphatic carbocycles. The maximum atomic E-state index is 12.4. The number of nitrogens with zero attached hydrogens (tertiary/aromatic N) is 2. The van der Waals surface area contributed by atoms with E-state index in [1.165, 1.54) is 0 Å². The molecule has 122 valence electrons. The van der Waals surface area contributed by atoms with Crippen molar-refractivity contribution in [3.05, 3.63) is 53.1 Å². The molecule has 0 aliphatic heterocycles. The minimum atomic E-state index is -0.177. The van der Waals surface area contributed by atoms with Crippen LogP contribution in [0.4, 0.5) is 0 Å². The minimum absolute atomic E-state index is 0.177. The average Bonchev–Trinajstić information content (AvgIpc) is 2.54. The summed E-state index contributed by atoms with van der Waals surface area (Å²) < 4.78 is 5.56. The van der Waals surface area contributed by atoms with Crippen molar-refractivity contribution in [2.45, 2.75) is 40.2 Å². The van der Waals surface area contributed by atoms with Gasteiger partial charge in [0.15, 0.2) is 0 Å². The van der Waals surface area contributed by atoms with Gasteiger partial charge in [-0.3, -0.25) is 4.79 Å². The monoisotopic (exact) mass is 313 g/mol. The Hall–Kier alpha value is -2.43. The van der Waals surface area contributed by atoms with Gasteiger partial charge in [0.25, 0.3) is 5.91 Å². The molecular formula is C18H23N3O2. The van der Waals surface area contributed by atoms with E-state index in [2.05, 4.69) is 15.3 Å². The van der Waals surface area contributed by atoms with E-state index in [1.807, 2.05) is 52.0 Å². The van der Waals surface area contributed by atoms with Crippen LogP contribution < -0.4 is 10.1 Å². The van der Waals surface area contributed by atoms with E-state index >= 15 is 0 Å². The number of hydrogen-bond donors (Lipinski definition) is 1. The molecule has 0 bridgehead atoms. The Morgan fingerprint density at radius 1 is 1.30 bits per heavy atom. The van der Waals surface area contributed by atoms with Gasteiger partial charge in [-0.05, 0) is 19.9 Å². The summed E-state index contributed by atoms with van der Waals surface area (Å²) in [5, 5.41) is 2.90. The van der Waals surface area contributed by atoms with Crippen molar-refractivity contribution in [3.63, 3.8) is 0 Å². The first kappa shape index (κ1) is 16.9. The molecule has 0 fully saturated rings. The summed E-state index contributed by atoms with van der Waals surface area (Å²) in [5.41, 5.74) is 2.14. The number of ether oxygens (including phenoxy) is 1. The zero-order chi connectivity index (χ0) is 16.8. The van der Waals surface area contributed by atoms with E-state index in [9.17, 15) is 4.79 Å². The molecular weight excluding hydrogens is 290 g/mol. The predicted octanol–water partition coefficient (Wildman–Crippen LogP) is 3.24. The van der Waals surface area contributed by atoms with Crippen LogP contribution in [0.15, 0.2) is 30.5 Å². The first-order chi connectivity index (χ1) is 11.0. The summed E-state index contributed by atoms with van der Waals surface area (Å²) in [4.78, 5) is 21.0. The Labute approximate surface area is 137 Å². The third kappa shape index (κ3) is 4.28. The maximum absolute atomic E-state index is 12.4. The summed E-state index contributed by atoms with van der Waals surface area (Å²) >= 11 is 0. The molecule has 23 heavy (non-hydrogen) atoms. The van der Waals surface area contributed by atoms with Crippen molar-refractivity contribution in [2.24, 2.45) is 0 Å². The molecule has 1 aromatic carbocycles. The zero-order valence-electron chi connectivity index (χ0n) is 14.1. The molecule has 5 heteroatoms. The number of hydrogen-bond acceptors (Lipinski definition) is 4. The van der Waals surface area contributed by atoms with Crippen molar-refractivity contribution < 1.29 is 9.53 Å². The summed E-state index contributed by atoms with van der Waals surface area (Å²) in [6, 6.07) is 7.68. The van der Waals surface area contributed by atoms with Gasteiger partial charge in [0, 0.05) is 24.2 Å². The molecule has 1 N–H and O–H groups in total.